The van der Waals surface area contributed by atoms with Crippen LogP contribution in [0.15, 0.2) is 12.3 Å². The number of rotatable bonds is 3. The van der Waals surface area contributed by atoms with Gasteiger partial charge in [0.1, 0.15) is 0 Å². The summed E-state index contributed by atoms with van der Waals surface area (Å²) in [6, 6.07) is 2.34. The van der Waals surface area contributed by atoms with Crippen LogP contribution >= 0.6 is 0 Å². The average Bonchev–Trinajstić information content (AvgIpc) is 2.57. The highest BCUT2D eigenvalue weighted by Gasteiger charge is 2.18. The van der Waals surface area contributed by atoms with E-state index in [4.69, 9.17) is 0 Å². The molecule has 2 rings (SSSR count). The summed E-state index contributed by atoms with van der Waals surface area (Å²) in [5.74, 6) is 1.97. The van der Waals surface area contributed by atoms with E-state index in [1.807, 2.05) is 0 Å². The minimum absolute atomic E-state index is 0.980. The second-order valence-electron chi connectivity index (χ2n) is 5.78. The van der Waals surface area contributed by atoms with Gasteiger partial charge in [-0.2, -0.15) is 0 Å². The second-order valence-corrected chi connectivity index (χ2v) is 5.78. The molecule has 1 aromatic rings. The van der Waals surface area contributed by atoms with Gasteiger partial charge in [0.05, 0.1) is 0 Å². The summed E-state index contributed by atoms with van der Waals surface area (Å²) in [5.41, 5.74) is 2.91. The van der Waals surface area contributed by atoms with Crippen LogP contribution < -0.4 is 0 Å². The van der Waals surface area contributed by atoms with Crippen LogP contribution in [-0.4, -0.2) is 4.57 Å². The summed E-state index contributed by atoms with van der Waals surface area (Å²) in [4.78, 5) is 0. The minimum atomic E-state index is 0.980. The van der Waals surface area contributed by atoms with Crippen molar-refractivity contribution in [3.05, 3.63) is 23.5 Å². The van der Waals surface area contributed by atoms with Gasteiger partial charge in [-0.05, 0) is 43.2 Å². The molecule has 1 aliphatic rings. The SMILES string of the molecule is Cc1cc(CCC2CCC(C)CC2)n(C)c1. The molecule has 1 aromatic heterocycles. The topological polar surface area (TPSA) is 4.93 Å². The van der Waals surface area contributed by atoms with E-state index in [2.05, 4.69) is 37.7 Å². The van der Waals surface area contributed by atoms with Crippen LogP contribution in [0.5, 0.6) is 0 Å². The Balaban J connectivity index is 1.81. The van der Waals surface area contributed by atoms with Crippen molar-refractivity contribution in [3.63, 3.8) is 0 Å². The van der Waals surface area contributed by atoms with Crippen LogP contribution in [0, 0.1) is 18.8 Å². The third-order valence-corrected chi connectivity index (χ3v) is 4.19. The van der Waals surface area contributed by atoms with Crippen molar-refractivity contribution >= 4 is 0 Å². The van der Waals surface area contributed by atoms with Crippen LogP contribution in [0.3, 0.4) is 0 Å². The molecule has 90 valence electrons. The first kappa shape index (κ1) is 11.8. The number of aryl methyl sites for hydroxylation is 3. The number of hydrogen-bond donors (Lipinski definition) is 0. The molecule has 0 N–H and O–H groups in total. The van der Waals surface area contributed by atoms with Gasteiger partial charge in [-0.3, -0.25) is 0 Å². The smallest absolute Gasteiger partial charge is 0.0174 e. The average molecular weight is 219 g/mol. The molecule has 1 saturated carbocycles. The van der Waals surface area contributed by atoms with Crippen molar-refractivity contribution in [3.8, 4) is 0 Å². The van der Waals surface area contributed by atoms with Crippen LogP contribution in [0.1, 0.15) is 50.3 Å². The van der Waals surface area contributed by atoms with Gasteiger partial charge in [0.25, 0.3) is 0 Å². The molecule has 0 amide bonds. The Morgan fingerprint density at radius 3 is 2.50 bits per heavy atom. The normalized spacial score (nSPS) is 25.9. The van der Waals surface area contributed by atoms with Crippen molar-refractivity contribution in [1.82, 2.24) is 4.57 Å². The van der Waals surface area contributed by atoms with Crippen LogP contribution in [0.4, 0.5) is 0 Å². The van der Waals surface area contributed by atoms with Crippen LogP contribution in [0.25, 0.3) is 0 Å². The fraction of sp³-hybridized carbons (Fsp3) is 0.733. The summed E-state index contributed by atoms with van der Waals surface area (Å²) in [7, 11) is 2.17. The predicted molar refractivity (Wildman–Crippen MR) is 69.6 cm³/mol. The molecule has 0 spiro atoms. The second kappa shape index (κ2) is 5.07. The maximum atomic E-state index is 2.40. The lowest BCUT2D eigenvalue weighted by Gasteiger charge is -2.26. The Hall–Kier alpha value is -0.720. The van der Waals surface area contributed by atoms with Gasteiger partial charge in [-0.25, -0.2) is 0 Å². The highest BCUT2D eigenvalue weighted by Crippen LogP contribution is 2.31. The monoisotopic (exact) mass is 219 g/mol. The van der Waals surface area contributed by atoms with Gasteiger partial charge < -0.3 is 4.57 Å². The molecular formula is C15H25N. The van der Waals surface area contributed by atoms with E-state index < -0.39 is 0 Å². The summed E-state index contributed by atoms with van der Waals surface area (Å²) >= 11 is 0. The van der Waals surface area contributed by atoms with Gasteiger partial charge >= 0.3 is 0 Å². The molecule has 0 aliphatic heterocycles. The van der Waals surface area contributed by atoms with E-state index in [-0.39, 0.29) is 0 Å². The van der Waals surface area contributed by atoms with E-state index in [1.165, 1.54) is 49.8 Å². The third kappa shape index (κ3) is 2.90. The number of aromatic nitrogens is 1. The maximum Gasteiger partial charge on any atom is 0.0174 e. The van der Waals surface area contributed by atoms with E-state index in [9.17, 15) is 0 Å². The molecule has 1 heterocycles. The molecule has 0 unspecified atom stereocenters. The van der Waals surface area contributed by atoms with Gasteiger partial charge in [0.2, 0.25) is 0 Å². The predicted octanol–water partition coefficient (Wildman–Crippen LogP) is 4.09. The van der Waals surface area contributed by atoms with E-state index in [0.29, 0.717) is 0 Å². The third-order valence-electron chi connectivity index (χ3n) is 4.19. The van der Waals surface area contributed by atoms with Gasteiger partial charge in [0.15, 0.2) is 0 Å². The fourth-order valence-electron chi connectivity index (χ4n) is 3.01. The first-order chi connectivity index (χ1) is 7.65. The molecule has 0 bridgehead atoms. The van der Waals surface area contributed by atoms with Crippen molar-refractivity contribution in [2.24, 2.45) is 18.9 Å². The van der Waals surface area contributed by atoms with Crippen LogP contribution in [0.2, 0.25) is 0 Å². The zero-order valence-electron chi connectivity index (χ0n) is 11.0. The highest BCUT2D eigenvalue weighted by molar-refractivity contribution is 5.16. The zero-order chi connectivity index (χ0) is 11.5. The lowest BCUT2D eigenvalue weighted by molar-refractivity contribution is 0.277. The van der Waals surface area contributed by atoms with E-state index in [1.54, 1.807) is 0 Å². The highest BCUT2D eigenvalue weighted by atomic mass is 14.9. The van der Waals surface area contributed by atoms with Gasteiger partial charge in [0, 0.05) is 18.9 Å². The van der Waals surface area contributed by atoms with E-state index >= 15 is 0 Å². The van der Waals surface area contributed by atoms with Crippen molar-refractivity contribution in [2.75, 3.05) is 0 Å². The van der Waals surface area contributed by atoms with E-state index in [0.717, 1.165) is 11.8 Å². The number of hydrogen-bond acceptors (Lipinski definition) is 0. The maximum absolute atomic E-state index is 2.40. The zero-order valence-corrected chi connectivity index (χ0v) is 11.0. The van der Waals surface area contributed by atoms with Crippen LogP contribution in [-0.2, 0) is 13.5 Å². The first-order valence-electron chi connectivity index (χ1n) is 6.77. The van der Waals surface area contributed by atoms with Crippen molar-refractivity contribution in [1.29, 1.82) is 0 Å². The molecule has 0 atom stereocenters. The Kier molecular flexibility index (Phi) is 3.73. The standard InChI is InChI=1S/C15H25N/c1-12-4-6-14(7-5-12)8-9-15-10-13(2)11-16(15)3/h10-12,14H,4-9H2,1-3H3. The molecule has 1 fully saturated rings. The molecule has 16 heavy (non-hydrogen) atoms. The number of nitrogens with zero attached hydrogens (tertiary/aromatic N) is 1. The Labute approximate surface area is 99.9 Å². The summed E-state index contributed by atoms with van der Waals surface area (Å²) in [6.07, 6.45) is 10.7. The quantitative estimate of drug-likeness (QED) is 0.721. The molecule has 0 aromatic carbocycles. The minimum Gasteiger partial charge on any atom is -0.354 e. The molecular weight excluding hydrogens is 194 g/mol. The lowest BCUT2D eigenvalue weighted by Crippen LogP contribution is -2.13. The Bertz CT molecular complexity index is 329. The largest absolute Gasteiger partial charge is 0.354 e. The molecule has 1 heteroatoms. The van der Waals surface area contributed by atoms with Crippen molar-refractivity contribution in [2.45, 2.75) is 52.4 Å². The van der Waals surface area contributed by atoms with Crippen molar-refractivity contribution < 1.29 is 0 Å². The lowest BCUT2D eigenvalue weighted by atomic mass is 9.81. The van der Waals surface area contributed by atoms with Gasteiger partial charge in [-0.1, -0.05) is 32.6 Å². The Morgan fingerprint density at radius 2 is 1.94 bits per heavy atom. The molecule has 1 aliphatic carbocycles. The fourth-order valence-corrected chi connectivity index (χ4v) is 3.01. The Morgan fingerprint density at radius 1 is 1.25 bits per heavy atom. The molecule has 0 radical (unpaired) electrons. The summed E-state index contributed by atoms with van der Waals surface area (Å²) in [6.45, 7) is 4.59. The summed E-state index contributed by atoms with van der Waals surface area (Å²) in [5, 5.41) is 0. The van der Waals surface area contributed by atoms with Gasteiger partial charge in [-0.15, -0.1) is 0 Å². The summed E-state index contributed by atoms with van der Waals surface area (Å²) < 4.78 is 2.29. The first-order valence-corrected chi connectivity index (χ1v) is 6.77. The molecule has 1 nitrogen and oxygen atoms in total. The molecule has 0 saturated heterocycles.